The van der Waals surface area contributed by atoms with Gasteiger partial charge in [-0.2, -0.15) is 0 Å². The van der Waals surface area contributed by atoms with Gasteiger partial charge in [-0.05, 0) is 22.1 Å². The lowest BCUT2D eigenvalue weighted by Crippen LogP contribution is -2.28. The number of hydrogen-bond acceptors (Lipinski definition) is 11. The highest BCUT2D eigenvalue weighted by Gasteiger charge is 2.35. The maximum Gasteiger partial charge on any atom is 0.344 e. The number of hydrogen-bond donors (Lipinski definition) is 1. The molecule has 68 heavy (non-hydrogen) atoms. The molecule has 4 rings (SSSR count). The Bertz CT molecular complexity index is 2640. The van der Waals surface area contributed by atoms with Gasteiger partial charge < -0.3 is 19.3 Å². The summed E-state index contributed by atoms with van der Waals surface area (Å²) >= 11 is 0. The Morgan fingerprint density at radius 1 is 0.368 bits per heavy atom. The molecular weight excluding hydrogens is 984 g/mol. The van der Waals surface area contributed by atoms with Crippen molar-refractivity contribution >= 4 is 46.6 Å². The SMILES string of the molecule is [N-]=[N+]=Nc1c(F)c(F)c(C(=O)O)c(F)c1F.[N-]=[N+]=Nc1c(F)c(F)c(C(=O)OCC(COC(=O)c2c(F)c(F)c(N=[N+]=[N-])c(F)c2F)COC(=O)c2c(F)c(F)c(N=[N+]=[N-])c(F)c2F)c(F)c1F. The summed E-state index contributed by atoms with van der Waals surface area (Å²) in [7, 11) is 0. The molecule has 0 fully saturated rings. The number of benzene rings is 4. The van der Waals surface area contributed by atoms with E-state index >= 15 is 0 Å². The third-order valence-corrected chi connectivity index (χ3v) is 7.72. The molecule has 0 heterocycles. The molecule has 0 amide bonds. The van der Waals surface area contributed by atoms with Gasteiger partial charge in [0.25, 0.3) is 0 Å². The lowest BCUT2D eigenvalue weighted by Gasteiger charge is -2.19. The first kappa shape index (κ1) is 53.2. The van der Waals surface area contributed by atoms with E-state index in [1.54, 1.807) is 0 Å². The second kappa shape index (κ2) is 22.2. The van der Waals surface area contributed by atoms with Crippen molar-refractivity contribution in [2.24, 2.45) is 26.4 Å². The molecule has 0 unspecified atom stereocenters. The zero-order chi connectivity index (χ0) is 51.6. The number of rotatable bonds is 14. The molecule has 0 spiro atoms. The fourth-order valence-corrected chi connectivity index (χ4v) is 4.68. The minimum atomic E-state index is -2.50. The van der Waals surface area contributed by atoms with E-state index in [0.29, 0.717) is 0 Å². The van der Waals surface area contributed by atoms with Crippen LogP contribution >= 0.6 is 0 Å². The molecule has 356 valence electrons. The number of ether oxygens (including phenoxy) is 3. The molecule has 0 saturated heterocycles. The van der Waals surface area contributed by atoms with Crippen LogP contribution in [0.25, 0.3) is 41.8 Å². The molecule has 0 radical (unpaired) electrons. The number of carboxylic acid groups (broad SMARTS) is 1. The highest BCUT2D eigenvalue weighted by molar-refractivity contribution is 5.92. The molecule has 0 saturated carbocycles. The number of halogens is 16. The lowest BCUT2D eigenvalue weighted by molar-refractivity contribution is 0.00519. The Labute approximate surface area is 358 Å². The smallest absolute Gasteiger partial charge is 0.344 e. The Morgan fingerprint density at radius 2 is 0.544 bits per heavy atom. The lowest BCUT2D eigenvalue weighted by atomic mass is 10.1. The van der Waals surface area contributed by atoms with Gasteiger partial charge >= 0.3 is 23.9 Å². The van der Waals surface area contributed by atoms with Crippen LogP contribution < -0.4 is 0 Å². The fourth-order valence-electron chi connectivity index (χ4n) is 4.68. The number of azide groups is 4. The monoisotopic (exact) mass is 992 g/mol. The zero-order valence-corrected chi connectivity index (χ0v) is 31.4. The van der Waals surface area contributed by atoms with Crippen molar-refractivity contribution in [3.63, 3.8) is 0 Å². The second-order valence-corrected chi connectivity index (χ2v) is 11.6. The summed E-state index contributed by atoms with van der Waals surface area (Å²) in [6.07, 6.45) is 0. The van der Waals surface area contributed by atoms with Crippen molar-refractivity contribution < 1.29 is 109 Å². The minimum absolute atomic E-state index is 1.52. The van der Waals surface area contributed by atoms with E-state index in [1.807, 2.05) is 19.6 Å². The van der Waals surface area contributed by atoms with Crippen molar-refractivity contribution in [2.45, 2.75) is 0 Å². The number of carbonyl (C=O) groups excluding carboxylic acids is 3. The molecule has 0 aliphatic carbocycles. The molecule has 0 aliphatic rings. The summed E-state index contributed by atoms with van der Waals surface area (Å²) in [5.41, 5.74) is 17.5. The molecule has 0 atom stereocenters. The van der Waals surface area contributed by atoms with E-state index in [9.17, 15) is 89.4 Å². The second-order valence-electron chi connectivity index (χ2n) is 11.6. The van der Waals surface area contributed by atoms with Gasteiger partial charge in [0.15, 0.2) is 93.1 Å². The van der Waals surface area contributed by atoms with Crippen LogP contribution in [0.2, 0.25) is 0 Å². The van der Waals surface area contributed by atoms with E-state index in [4.69, 9.17) is 27.2 Å². The third kappa shape index (κ3) is 10.5. The summed E-state index contributed by atoms with van der Waals surface area (Å²) in [4.78, 5) is 55.2. The molecule has 36 heteroatoms. The fraction of sp³-hybridized carbons (Fsp3) is 0.125. The van der Waals surface area contributed by atoms with E-state index in [1.165, 1.54) is 0 Å². The largest absolute Gasteiger partial charge is 0.477 e. The number of aromatic carboxylic acids is 1. The first-order valence-corrected chi connectivity index (χ1v) is 16.3. The standard InChI is InChI=1S/C25H7F12N9O6.C7HF4N3O2/c26-8-5(9(27)15(33)20(14(8)32)41-44-38)23(47)50-1-4(2-51-24(48)6-10(28)16(34)21(42-45-39)17(35)11(6)29)3-52-25(49)7-12(30)18(36)22(43-46-40)19(37)13(7)31;8-2-1(7(15)16)3(9)5(11)6(4(2)10)13-14-12/h4H,1-3H2;(H,15,16). The van der Waals surface area contributed by atoms with Crippen LogP contribution in [0.5, 0.6) is 0 Å². The van der Waals surface area contributed by atoms with Crippen LogP contribution in [-0.4, -0.2) is 48.8 Å². The van der Waals surface area contributed by atoms with Crippen molar-refractivity contribution in [3.8, 4) is 0 Å². The molecule has 4 aromatic carbocycles. The van der Waals surface area contributed by atoms with Crippen LogP contribution in [-0.2, 0) is 14.2 Å². The molecule has 1 N–H and O–H groups in total. The zero-order valence-electron chi connectivity index (χ0n) is 31.4. The van der Waals surface area contributed by atoms with Crippen LogP contribution in [0.3, 0.4) is 0 Å². The van der Waals surface area contributed by atoms with E-state index < -0.39 is 188 Å². The van der Waals surface area contributed by atoms with Crippen LogP contribution in [0.4, 0.5) is 93.0 Å². The highest BCUT2D eigenvalue weighted by Crippen LogP contribution is 2.35. The van der Waals surface area contributed by atoms with Gasteiger partial charge in [-0.25, -0.2) is 89.4 Å². The molecule has 0 bridgehead atoms. The predicted molar refractivity (Wildman–Crippen MR) is 182 cm³/mol. The normalized spacial score (nSPS) is 10.8. The third-order valence-electron chi connectivity index (χ3n) is 7.72. The average Bonchev–Trinajstić information content (AvgIpc) is 3.29. The summed E-state index contributed by atoms with van der Waals surface area (Å²) in [6, 6.07) is 0. The topological polar surface area (TPSA) is 311 Å². The Morgan fingerprint density at radius 3 is 0.706 bits per heavy atom. The van der Waals surface area contributed by atoms with Crippen molar-refractivity contribution in [2.75, 3.05) is 19.8 Å². The maximum atomic E-state index is 14.4. The number of nitrogens with zero attached hydrogens (tertiary/aromatic N) is 12. The molecule has 4 aromatic rings. The molecule has 0 aliphatic heterocycles. The molecule has 0 aromatic heterocycles. The average molecular weight is 992 g/mol. The summed E-state index contributed by atoms with van der Waals surface area (Å²) in [6.45, 7) is -4.56. The quantitative estimate of drug-likeness (QED) is 0.0240. The highest BCUT2D eigenvalue weighted by atomic mass is 19.2. The first-order chi connectivity index (χ1) is 31.9. The maximum absolute atomic E-state index is 14.4. The van der Waals surface area contributed by atoms with Gasteiger partial charge in [-0.15, -0.1) is 0 Å². The Balaban J connectivity index is 0.000000644. The Hall–Kier alpha value is -9.12. The van der Waals surface area contributed by atoms with Gasteiger partial charge in [0, 0.05) is 19.6 Å². The van der Waals surface area contributed by atoms with E-state index in [-0.39, 0.29) is 0 Å². The number of carbonyl (C=O) groups is 4. The van der Waals surface area contributed by atoms with E-state index in [0.717, 1.165) is 0 Å². The van der Waals surface area contributed by atoms with Crippen molar-refractivity contribution in [1.29, 1.82) is 0 Å². The summed E-state index contributed by atoms with van der Waals surface area (Å²) < 4.78 is 236. The van der Waals surface area contributed by atoms with Gasteiger partial charge in [0.05, 0.1) is 5.92 Å². The van der Waals surface area contributed by atoms with Crippen LogP contribution in [0, 0.1) is 99.0 Å². The first-order valence-electron chi connectivity index (χ1n) is 16.3. The van der Waals surface area contributed by atoms with Gasteiger partial charge in [-0.1, -0.05) is 20.5 Å². The van der Waals surface area contributed by atoms with Gasteiger partial charge in [0.2, 0.25) is 0 Å². The van der Waals surface area contributed by atoms with Crippen molar-refractivity contribution in [3.05, 3.63) is 157 Å². The van der Waals surface area contributed by atoms with Crippen LogP contribution in [0.15, 0.2) is 20.5 Å². The molecule has 20 nitrogen and oxygen atoms in total. The Kier molecular flexibility index (Phi) is 17.4. The summed E-state index contributed by atoms with van der Waals surface area (Å²) in [5.74, 6) is -49.0. The minimum Gasteiger partial charge on any atom is -0.477 e. The van der Waals surface area contributed by atoms with Crippen LogP contribution in [0.1, 0.15) is 41.4 Å². The van der Waals surface area contributed by atoms with E-state index in [2.05, 4.69) is 34.7 Å². The van der Waals surface area contributed by atoms with Crippen molar-refractivity contribution in [1.82, 2.24) is 0 Å². The summed E-state index contributed by atoms with van der Waals surface area (Å²) in [5, 5.41) is 17.8. The number of esters is 3. The molecular formula is C32H8F16N12O8. The van der Waals surface area contributed by atoms with Gasteiger partial charge in [-0.3, -0.25) is 0 Å². The predicted octanol–water partition coefficient (Wildman–Crippen LogP) is 11.6. The number of carboxylic acids is 1. The van der Waals surface area contributed by atoms with Gasteiger partial charge in [0.1, 0.15) is 64.8 Å².